The Morgan fingerprint density at radius 3 is 2.45 bits per heavy atom. The Morgan fingerprint density at radius 1 is 1.36 bits per heavy atom. The van der Waals surface area contributed by atoms with Gasteiger partial charge in [0, 0.05) is 12.5 Å². The molecule has 11 heavy (non-hydrogen) atoms. The molecule has 0 unspecified atom stereocenters. The van der Waals surface area contributed by atoms with Crippen LogP contribution in [0, 0.1) is 0 Å². The van der Waals surface area contributed by atoms with Crippen LogP contribution in [0.15, 0.2) is 0 Å². The van der Waals surface area contributed by atoms with Gasteiger partial charge in [-0.25, -0.2) is 0 Å². The zero-order valence-electron chi connectivity index (χ0n) is 7.45. The predicted octanol–water partition coefficient (Wildman–Crippen LogP) is 0.434. The van der Waals surface area contributed by atoms with Crippen molar-refractivity contribution < 1.29 is 9.84 Å². The number of aliphatic hydroxyl groups excluding tert-OH is 1. The van der Waals surface area contributed by atoms with E-state index in [4.69, 9.17) is 4.74 Å². The first-order chi connectivity index (χ1) is 5.09. The summed E-state index contributed by atoms with van der Waals surface area (Å²) in [5, 5.41) is 9.25. The first-order valence-electron chi connectivity index (χ1n) is 4.09. The minimum atomic E-state index is -0.564. The Hall–Kier alpha value is -0.120. The van der Waals surface area contributed by atoms with Crippen molar-refractivity contribution >= 4 is 0 Å². The first kappa shape index (κ1) is 8.97. The maximum absolute atomic E-state index is 9.25. The fourth-order valence-electron chi connectivity index (χ4n) is 1.51. The fraction of sp³-hybridized carbons (Fsp3) is 1.00. The maximum atomic E-state index is 9.25. The molecule has 0 aromatic carbocycles. The maximum Gasteiger partial charge on any atom is 0.156 e. The van der Waals surface area contributed by atoms with Crippen LogP contribution in [0.3, 0.4) is 0 Å². The Bertz CT molecular complexity index is 117. The Balaban J connectivity index is 2.43. The van der Waals surface area contributed by atoms with E-state index in [-0.39, 0.29) is 6.10 Å². The van der Waals surface area contributed by atoms with Gasteiger partial charge in [0.2, 0.25) is 0 Å². The van der Waals surface area contributed by atoms with Crippen molar-refractivity contribution in [1.29, 1.82) is 0 Å². The standard InChI is InChI=1S/C8H17NO2/c1-6-4-7(9(2)3)5-8(10)11-6/h6-8,10H,4-5H2,1-3H3/t6-,7-,8-/m1/s1. The van der Waals surface area contributed by atoms with Gasteiger partial charge in [-0.3, -0.25) is 0 Å². The lowest BCUT2D eigenvalue weighted by molar-refractivity contribution is -0.172. The van der Waals surface area contributed by atoms with Crippen LogP contribution < -0.4 is 0 Å². The minimum Gasteiger partial charge on any atom is -0.368 e. The third-order valence-electron chi connectivity index (χ3n) is 2.20. The van der Waals surface area contributed by atoms with E-state index in [2.05, 4.69) is 4.90 Å². The van der Waals surface area contributed by atoms with Gasteiger partial charge in [-0.1, -0.05) is 0 Å². The second-order valence-electron chi connectivity index (χ2n) is 3.49. The normalized spacial score (nSPS) is 39.5. The molecule has 3 atom stereocenters. The average Bonchev–Trinajstić information content (AvgIpc) is 1.85. The van der Waals surface area contributed by atoms with Gasteiger partial charge >= 0.3 is 0 Å². The molecule has 0 spiro atoms. The molecule has 1 heterocycles. The van der Waals surface area contributed by atoms with Crippen molar-refractivity contribution in [3.05, 3.63) is 0 Å². The largest absolute Gasteiger partial charge is 0.368 e. The second kappa shape index (κ2) is 3.52. The number of rotatable bonds is 1. The van der Waals surface area contributed by atoms with Crippen LogP contribution in [0.1, 0.15) is 19.8 Å². The molecule has 1 aliphatic rings. The summed E-state index contributed by atoms with van der Waals surface area (Å²) in [5.41, 5.74) is 0. The molecule has 1 aliphatic heterocycles. The van der Waals surface area contributed by atoms with E-state index in [1.165, 1.54) is 0 Å². The minimum absolute atomic E-state index is 0.186. The van der Waals surface area contributed by atoms with Crippen molar-refractivity contribution in [1.82, 2.24) is 4.90 Å². The Morgan fingerprint density at radius 2 is 2.00 bits per heavy atom. The monoisotopic (exact) mass is 159 g/mol. The van der Waals surface area contributed by atoms with E-state index in [1.807, 2.05) is 21.0 Å². The van der Waals surface area contributed by atoms with Crippen LogP contribution in [0.2, 0.25) is 0 Å². The molecular weight excluding hydrogens is 142 g/mol. The molecule has 1 saturated heterocycles. The first-order valence-corrected chi connectivity index (χ1v) is 4.09. The molecule has 0 radical (unpaired) electrons. The van der Waals surface area contributed by atoms with Gasteiger partial charge in [0.25, 0.3) is 0 Å². The molecule has 1 N–H and O–H groups in total. The van der Waals surface area contributed by atoms with Crippen LogP contribution in [0.25, 0.3) is 0 Å². The summed E-state index contributed by atoms with van der Waals surface area (Å²) in [7, 11) is 4.07. The number of ether oxygens (including phenoxy) is 1. The van der Waals surface area contributed by atoms with Crippen molar-refractivity contribution in [2.75, 3.05) is 14.1 Å². The molecule has 0 aromatic rings. The van der Waals surface area contributed by atoms with E-state index in [0.29, 0.717) is 6.04 Å². The number of aliphatic hydroxyl groups is 1. The third kappa shape index (κ3) is 2.43. The van der Waals surface area contributed by atoms with Crippen LogP contribution in [-0.2, 0) is 4.74 Å². The zero-order chi connectivity index (χ0) is 8.43. The molecule has 0 bridgehead atoms. The highest BCUT2D eigenvalue weighted by molar-refractivity contribution is 4.75. The number of nitrogens with zero attached hydrogens (tertiary/aromatic N) is 1. The Kier molecular flexibility index (Phi) is 2.87. The molecule has 0 saturated carbocycles. The van der Waals surface area contributed by atoms with Gasteiger partial charge in [-0.05, 0) is 27.4 Å². The molecule has 66 valence electrons. The zero-order valence-corrected chi connectivity index (χ0v) is 7.45. The lowest BCUT2D eigenvalue weighted by atomic mass is 10.0. The summed E-state index contributed by atoms with van der Waals surface area (Å²) in [4.78, 5) is 2.14. The molecule has 0 aliphatic carbocycles. The van der Waals surface area contributed by atoms with Crippen molar-refractivity contribution in [3.63, 3.8) is 0 Å². The van der Waals surface area contributed by atoms with Gasteiger partial charge in [-0.2, -0.15) is 0 Å². The van der Waals surface area contributed by atoms with Gasteiger partial charge in [0.1, 0.15) is 0 Å². The van der Waals surface area contributed by atoms with E-state index in [1.54, 1.807) is 0 Å². The highest BCUT2D eigenvalue weighted by Gasteiger charge is 2.26. The van der Waals surface area contributed by atoms with E-state index < -0.39 is 6.29 Å². The molecule has 1 rings (SSSR count). The number of hydrogen-bond acceptors (Lipinski definition) is 3. The quantitative estimate of drug-likeness (QED) is 0.602. The van der Waals surface area contributed by atoms with E-state index in [9.17, 15) is 5.11 Å². The summed E-state index contributed by atoms with van der Waals surface area (Å²) in [6, 6.07) is 0.466. The molecule has 0 aromatic heterocycles. The molecule has 3 heteroatoms. The summed E-state index contributed by atoms with van der Waals surface area (Å²) in [6.45, 7) is 2.00. The molecule has 0 amide bonds. The summed E-state index contributed by atoms with van der Waals surface area (Å²) in [5.74, 6) is 0. The summed E-state index contributed by atoms with van der Waals surface area (Å²) in [6.07, 6.45) is 1.37. The molecule has 1 fully saturated rings. The van der Waals surface area contributed by atoms with Gasteiger partial charge < -0.3 is 14.7 Å². The lowest BCUT2D eigenvalue weighted by Crippen LogP contribution is -2.41. The van der Waals surface area contributed by atoms with Gasteiger partial charge in [0.15, 0.2) is 6.29 Å². The molecular formula is C8H17NO2. The average molecular weight is 159 g/mol. The van der Waals surface area contributed by atoms with Crippen molar-refractivity contribution in [2.24, 2.45) is 0 Å². The second-order valence-corrected chi connectivity index (χ2v) is 3.49. The Labute approximate surface area is 68.0 Å². The predicted molar refractivity (Wildman–Crippen MR) is 43.3 cm³/mol. The van der Waals surface area contributed by atoms with Crippen LogP contribution in [0.4, 0.5) is 0 Å². The van der Waals surface area contributed by atoms with Crippen LogP contribution in [-0.4, -0.2) is 42.5 Å². The topological polar surface area (TPSA) is 32.7 Å². The lowest BCUT2D eigenvalue weighted by Gasteiger charge is -2.34. The SMILES string of the molecule is C[C@@H]1C[C@@H](N(C)C)C[C@H](O)O1. The highest BCUT2D eigenvalue weighted by atomic mass is 16.6. The van der Waals surface area contributed by atoms with Crippen molar-refractivity contribution in [3.8, 4) is 0 Å². The van der Waals surface area contributed by atoms with E-state index in [0.717, 1.165) is 12.8 Å². The van der Waals surface area contributed by atoms with Gasteiger partial charge in [0.05, 0.1) is 6.10 Å². The van der Waals surface area contributed by atoms with Crippen LogP contribution >= 0.6 is 0 Å². The van der Waals surface area contributed by atoms with Gasteiger partial charge in [-0.15, -0.1) is 0 Å². The fourth-order valence-corrected chi connectivity index (χ4v) is 1.51. The third-order valence-corrected chi connectivity index (χ3v) is 2.20. The van der Waals surface area contributed by atoms with Crippen LogP contribution in [0.5, 0.6) is 0 Å². The highest BCUT2D eigenvalue weighted by Crippen LogP contribution is 2.20. The van der Waals surface area contributed by atoms with Crippen molar-refractivity contribution in [2.45, 2.75) is 38.2 Å². The number of hydrogen-bond donors (Lipinski definition) is 1. The smallest absolute Gasteiger partial charge is 0.156 e. The summed E-state index contributed by atoms with van der Waals surface area (Å²) >= 11 is 0. The summed E-state index contributed by atoms with van der Waals surface area (Å²) < 4.78 is 5.20. The van der Waals surface area contributed by atoms with E-state index >= 15 is 0 Å². The molecule has 3 nitrogen and oxygen atoms in total.